The van der Waals surface area contributed by atoms with Gasteiger partial charge < -0.3 is 5.32 Å². The number of anilines is 2. The fourth-order valence-corrected chi connectivity index (χ4v) is 2.24. The van der Waals surface area contributed by atoms with Crippen LogP contribution in [0.3, 0.4) is 0 Å². The summed E-state index contributed by atoms with van der Waals surface area (Å²) < 4.78 is 0. The predicted molar refractivity (Wildman–Crippen MR) is 91.6 cm³/mol. The maximum absolute atomic E-state index is 12.4. The van der Waals surface area contributed by atoms with Crippen LogP contribution in [0.15, 0.2) is 48.5 Å². The van der Waals surface area contributed by atoms with Crippen LogP contribution in [-0.2, 0) is 0 Å². The molecule has 0 bridgehead atoms. The normalized spacial score (nSPS) is 10.2. The molecule has 2 rings (SSSR count). The van der Waals surface area contributed by atoms with Crippen molar-refractivity contribution in [3.05, 3.63) is 63.7 Å². The number of nitro groups is 1. The summed E-state index contributed by atoms with van der Waals surface area (Å²) in [5.74, 6) is 0.241. The molecule has 2 aromatic carbocycles. The number of nitro benzene ring substituents is 1. The highest BCUT2D eigenvalue weighted by Crippen LogP contribution is 2.21. The highest BCUT2D eigenvalue weighted by molar-refractivity contribution is 6.30. The summed E-state index contributed by atoms with van der Waals surface area (Å²) in [7, 11) is 0. The third-order valence-electron chi connectivity index (χ3n) is 3.00. The minimum absolute atomic E-state index is 0.0989. The van der Waals surface area contributed by atoms with Crippen LogP contribution in [0.25, 0.3) is 0 Å². The zero-order valence-electron chi connectivity index (χ0n) is 11.9. The van der Waals surface area contributed by atoms with E-state index in [9.17, 15) is 14.9 Å². The van der Waals surface area contributed by atoms with Crippen molar-refractivity contribution in [3.63, 3.8) is 0 Å². The Balaban J connectivity index is 2.19. The van der Waals surface area contributed by atoms with E-state index in [2.05, 4.69) is 5.32 Å². The first-order valence-corrected chi connectivity index (χ1v) is 7.57. The molecule has 0 aliphatic heterocycles. The molecule has 0 aromatic heterocycles. The van der Waals surface area contributed by atoms with E-state index in [4.69, 9.17) is 23.2 Å². The topological polar surface area (TPSA) is 75.5 Å². The van der Waals surface area contributed by atoms with Gasteiger partial charge in [-0.3, -0.25) is 15.0 Å². The zero-order chi connectivity index (χ0) is 16.8. The van der Waals surface area contributed by atoms with Gasteiger partial charge in [0.25, 0.3) is 5.69 Å². The Hall–Kier alpha value is -2.31. The minimum Gasteiger partial charge on any atom is -0.307 e. The molecule has 1 N–H and O–H groups in total. The molecule has 0 atom stereocenters. The van der Waals surface area contributed by atoms with Crippen LogP contribution in [0.5, 0.6) is 0 Å². The fourth-order valence-electron chi connectivity index (χ4n) is 1.94. The van der Waals surface area contributed by atoms with Crippen molar-refractivity contribution in [2.45, 2.75) is 0 Å². The Morgan fingerprint density at radius 1 is 1.22 bits per heavy atom. The Labute approximate surface area is 142 Å². The summed E-state index contributed by atoms with van der Waals surface area (Å²) in [5, 5.41) is 14.0. The first-order chi connectivity index (χ1) is 11.0. The van der Waals surface area contributed by atoms with Crippen LogP contribution >= 0.6 is 23.2 Å². The molecule has 120 valence electrons. The number of amides is 2. The highest BCUT2D eigenvalue weighted by atomic mass is 35.5. The molecule has 0 aliphatic carbocycles. The molecule has 0 fully saturated rings. The van der Waals surface area contributed by atoms with Crippen LogP contribution in [0, 0.1) is 10.1 Å². The highest BCUT2D eigenvalue weighted by Gasteiger charge is 2.16. The lowest BCUT2D eigenvalue weighted by atomic mass is 10.2. The molecule has 0 unspecified atom stereocenters. The number of hydrogen-bond acceptors (Lipinski definition) is 3. The second-order valence-corrected chi connectivity index (χ2v) is 5.37. The molecule has 0 spiro atoms. The van der Waals surface area contributed by atoms with Gasteiger partial charge in [0.05, 0.1) is 4.92 Å². The summed E-state index contributed by atoms with van der Waals surface area (Å²) >= 11 is 11.6. The lowest BCUT2D eigenvalue weighted by Gasteiger charge is -2.22. The standard InChI is InChI=1S/C15H13Cl2N3O3/c16-8-9-19(13-6-4-11(17)5-7-13)15(21)18-12-2-1-3-14(10-12)20(22)23/h1-7,10H,8-9H2,(H,18,21). The lowest BCUT2D eigenvalue weighted by molar-refractivity contribution is -0.384. The van der Waals surface area contributed by atoms with Gasteiger partial charge in [-0.05, 0) is 30.3 Å². The number of rotatable bonds is 5. The monoisotopic (exact) mass is 353 g/mol. The average Bonchev–Trinajstić information content (AvgIpc) is 2.54. The van der Waals surface area contributed by atoms with Crippen molar-refractivity contribution in [2.75, 3.05) is 22.6 Å². The number of urea groups is 1. The molecule has 2 amide bonds. The average molecular weight is 354 g/mol. The molecule has 0 radical (unpaired) electrons. The first kappa shape index (κ1) is 17.1. The van der Waals surface area contributed by atoms with E-state index < -0.39 is 11.0 Å². The molecule has 0 saturated carbocycles. The Kier molecular flexibility index (Phi) is 5.78. The molecule has 0 saturated heterocycles. The molecule has 6 nitrogen and oxygen atoms in total. The third kappa shape index (κ3) is 4.58. The van der Waals surface area contributed by atoms with E-state index in [1.54, 1.807) is 30.3 Å². The molecular weight excluding hydrogens is 341 g/mol. The number of nitrogens with zero attached hydrogens (tertiary/aromatic N) is 2. The number of non-ortho nitro benzene ring substituents is 1. The van der Waals surface area contributed by atoms with Crippen molar-refractivity contribution in [1.82, 2.24) is 0 Å². The smallest absolute Gasteiger partial charge is 0.307 e. The van der Waals surface area contributed by atoms with Gasteiger partial charge in [0.1, 0.15) is 0 Å². The van der Waals surface area contributed by atoms with Crippen molar-refractivity contribution >= 4 is 46.3 Å². The van der Waals surface area contributed by atoms with Crippen molar-refractivity contribution in [3.8, 4) is 0 Å². The van der Waals surface area contributed by atoms with Crippen LogP contribution < -0.4 is 10.2 Å². The van der Waals surface area contributed by atoms with E-state index in [1.807, 2.05) is 0 Å². The summed E-state index contributed by atoms with van der Waals surface area (Å²) in [6.07, 6.45) is 0. The molecular formula is C15H13Cl2N3O3. The maximum atomic E-state index is 12.4. The zero-order valence-corrected chi connectivity index (χ0v) is 13.4. The lowest BCUT2D eigenvalue weighted by Crippen LogP contribution is -2.36. The van der Waals surface area contributed by atoms with Gasteiger partial charge in [-0.1, -0.05) is 17.7 Å². The van der Waals surface area contributed by atoms with Gasteiger partial charge in [-0.15, -0.1) is 11.6 Å². The van der Waals surface area contributed by atoms with E-state index in [1.165, 1.54) is 23.1 Å². The Morgan fingerprint density at radius 3 is 2.52 bits per heavy atom. The molecule has 0 aliphatic rings. The van der Waals surface area contributed by atoms with E-state index in [-0.39, 0.29) is 18.1 Å². The summed E-state index contributed by atoms with van der Waals surface area (Å²) in [5.41, 5.74) is 0.855. The molecule has 0 heterocycles. The largest absolute Gasteiger partial charge is 0.326 e. The minimum atomic E-state index is -0.522. The van der Waals surface area contributed by atoms with E-state index >= 15 is 0 Å². The van der Waals surface area contributed by atoms with Gasteiger partial charge in [0.15, 0.2) is 0 Å². The number of benzene rings is 2. The van der Waals surface area contributed by atoms with Crippen LogP contribution in [0.2, 0.25) is 5.02 Å². The van der Waals surface area contributed by atoms with Crippen molar-refractivity contribution in [1.29, 1.82) is 0 Å². The van der Waals surface area contributed by atoms with E-state index in [0.29, 0.717) is 16.4 Å². The first-order valence-electron chi connectivity index (χ1n) is 6.66. The van der Waals surface area contributed by atoms with Gasteiger partial charge in [-0.2, -0.15) is 0 Å². The van der Waals surface area contributed by atoms with E-state index in [0.717, 1.165) is 0 Å². The number of halogens is 2. The third-order valence-corrected chi connectivity index (χ3v) is 3.42. The SMILES string of the molecule is O=C(Nc1cccc([N+](=O)[O-])c1)N(CCCl)c1ccc(Cl)cc1. The second kappa shape index (κ2) is 7.80. The number of alkyl halides is 1. The molecule has 23 heavy (non-hydrogen) atoms. The summed E-state index contributed by atoms with van der Waals surface area (Å²) in [6.45, 7) is 0.282. The number of carbonyl (C=O) groups is 1. The maximum Gasteiger partial charge on any atom is 0.326 e. The molecule has 2 aromatic rings. The summed E-state index contributed by atoms with van der Waals surface area (Å²) in [6, 6.07) is 12.0. The fraction of sp³-hybridized carbons (Fsp3) is 0.133. The second-order valence-electron chi connectivity index (χ2n) is 4.55. The quantitative estimate of drug-likeness (QED) is 0.487. The predicted octanol–water partition coefficient (Wildman–Crippen LogP) is 4.53. The van der Waals surface area contributed by atoms with Crippen LogP contribution in [-0.4, -0.2) is 23.4 Å². The summed E-state index contributed by atoms with van der Waals surface area (Å²) in [4.78, 5) is 24.1. The number of nitrogens with one attached hydrogen (secondary N) is 1. The number of hydrogen-bond donors (Lipinski definition) is 1. The van der Waals surface area contributed by atoms with Crippen molar-refractivity contribution in [2.24, 2.45) is 0 Å². The Morgan fingerprint density at radius 2 is 1.91 bits per heavy atom. The van der Waals surface area contributed by atoms with Gasteiger partial charge >= 0.3 is 6.03 Å². The van der Waals surface area contributed by atoms with Crippen LogP contribution in [0.1, 0.15) is 0 Å². The van der Waals surface area contributed by atoms with Gasteiger partial charge in [0, 0.05) is 41.0 Å². The van der Waals surface area contributed by atoms with Crippen LogP contribution in [0.4, 0.5) is 21.9 Å². The van der Waals surface area contributed by atoms with Crippen molar-refractivity contribution < 1.29 is 9.72 Å². The van der Waals surface area contributed by atoms with Gasteiger partial charge in [-0.25, -0.2) is 4.79 Å². The number of carbonyl (C=O) groups excluding carboxylic acids is 1. The molecule has 8 heteroatoms. The van der Waals surface area contributed by atoms with Gasteiger partial charge in [0.2, 0.25) is 0 Å². The Bertz CT molecular complexity index is 707.